The molecule has 3 rings (SSSR count). The molecular formula is C20H25N3OS. The van der Waals surface area contributed by atoms with Crippen LogP contribution in [0.15, 0.2) is 48.5 Å². The van der Waals surface area contributed by atoms with Gasteiger partial charge in [-0.2, -0.15) is 0 Å². The number of ether oxygens (including phenoxy) is 1. The second-order valence-electron chi connectivity index (χ2n) is 6.27. The number of rotatable bonds is 4. The zero-order chi connectivity index (χ0) is 17.6. The zero-order valence-corrected chi connectivity index (χ0v) is 15.7. The number of piperazine rings is 1. The average Bonchev–Trinajstić information content (AvgIpc) is 2.67. The molecule has 0 spiro atoms. The summed E-state index contributed by atoms with van der Waals surface area (Å²) in [6.45, 7) is 6.79. The van der Waals surface area contributed by atoms with E-state index in [2.05, 4.69) is 58.4 Å². The number of hydrogen-bond acceptors (Lipinski definition) is 3. The fourth-order valence-corrected chi connectivity index (χ4v) is 3.36. The number of aryl methyl sites for hydroxylation is 1. The lowest BCUT2D eigenvalue weighted by Gasteiger charge is -2.38. The first-order valence-corrected chi connectivity index (χ1v) is 9.04. The number of nitrogens with one attached hydrogen (secondary N) is 1. The highest BCUT2D eigenvalue weighted by Crippen LogP contribution is 2.20. The van der Waals surface area contributed by atoms with Gasteiger partial charge in [0.15, 0.2) is 5.11 Å². The molecule has 2 aromatic carbocycles. The third-order valence-electron chi connectivity index (χ3n) is 4.63. The number of para-hydroxylation sites is 1. The van der Waals surface area contributed by atoms with E-state index in [1.807, 2.05) is 12.1 Å². The van der Waals surface area contributed by atoms with E-state index in [9.17, 15) is 0 Å². The molecule has 0 radical (unpaired) electrons. The van der Waals surface area contributed by atoms with Gasteiger partial charge in [0.05, 0.1) is 7.11 Å². The minimum atomic E-state index is 0.737. The Kier molecular flexibility index (Phi) is 5.76. The molecule has 2 aromatic rings. The summed E-state index contributed by atoms with van der Waals surface area (Å²) >= 11 is 5.57. The Labute approximate surface area is 155 Å². The SMILES string of the molecule is COc1ccc(CNC(=S)N2CCN(c3ccccc3C)CC2)cc1. The van der Waals surface area contributed by atoms with E-state index in [1.165, 1.54) is 16.8 Å². The molecule has 132 valence electrons. The van der Waals surface area contributed by atoms with Crippen molar-refractivity contribution in [1.82, 2.24) is 10.2 Å². The van der Waals surface area contributed by atoms with Crippen LogP contribution in [-0.4, -0.2) is 43.3 Å². The molecule has 0 bridgehead atoms. The van der Waals surface area contributed by atoms with Crippen LogP contribution < -0.4 is 15.0 Å². The first-order chi connectivity index (χ1) is 12.2. The van der Waals surface area contributed by atoms with E-state index in [4.69, 9.17) is 17.0 Å². The zero-order valence-electron chi connectivity index (χ0n) is 14.9. The van der Waals surface area contributed by atoms with Gasteiger partial charge >= 0.3 is 0 Å². The van der Waals surface area contributed by atoms with Crippen molar-refractivity contribution in [3.05, 3.63) is 59.7 Å². The summed E-state index contributed by atoms with van der Waals surface area (Å²) in [5.41, 5.74) is 3.86. The Morgan fingerprint density at radius 1 is 1.04 bits per heavy atom. The van der Waals surface area contributed by atoms with Crippen molar-refractivity contribution in [3.63, 3.8) is 0 Å². The normalized spacial score (nSPS) is 14.3. The van der Waals surface area contributed by atoms with Gasteiger partial charge in [-0.05, 0) is 48.5 Å². The molecule has 0 aromatic heterocycles. The first kappa shape index (κ1) is 17.5. The van der Waals surface area contributed by atoms with E-state index < -0.39 is 0 Å². The van der Waals surface area contributed by atoms with Crippen LogP contribution in [0.25, 0.3) is 0 Å². The molecule has 25 heavy (non-hydrogen) atoms. The van der Waals surface area contributed by atoms with Crippen LogP contribution in [-0.2, 0) is 6.54 Å². The summed E-state index contributed by atoms with van der Waals surface area (Å²) in [5, 5.41) is 4.20. The summed E-state index contributed by atoms with van der Waals surface area (Å²) < 4.78 is 5.19. The molecule has 0 aliphatic carbocycles. The molecule has 1 heterocycles. The molecule has 0 amide bonds. The van der Waals surface area contributed by atoms with Gasteiger partial charge in [-0.25, -0.2) is 0 Å². The van der Waals surface area contributed by atoms with Crippen molar-refractivity contribution in [2.45, 2.75) is 13.5 Å². The van der Waals surface area contributed by atoms with Crippen molar-refractivity contribution >= 4 is 23.0 Å². The third kappa shape index (κ3) is 4.42. The summed E-state index contributed by atoms with van der Waals surface area (Å²) in [6.07, 6.45) is 0. The Balaban J connectivity index is 1.49. The fraction of sp³-hybridized carbons (Fsp3) is 0.350. The fourth-order valence-electron chi connectivity index (χ4n) is 3.10. The molecule has 1 fully saturated rings. The van der Waals surface area contributed by atoms with E-state index in [1.54, 1.807) is 7.11 Å². The Morgan fingerprint density at radius 2 is 1.72 bits per heavy atom. The number of anilines is 1. The van der Waals surface area contributed by atoms with Gasteiger partial charge < -0.3 is 19.9 Å². The minimum absolute atomic E-state index is 0.737. The predicted octanol–water partition coefficient (Wildman–Crippen LogP) is 3.20. The van der Waals surface area contributed by atoms with Crippen LogP contribution in [0.4, 0.5) is 5.69 Å². The van der Waals surface area contributed by atoms with Crippen LogP contribution in [0, 0.1) is 6.92 Å². The summed E-state index contributed by atoms with van der Waals surface area (Å²) in [4.78, 5) is 4.70. The maximum Gasteiger partial charge on any atom is 0.169 e. The highest BCUT2D eigenvalue weighted by Gasteiger charge is 2.19. The number of thiocarbonyl (C=S) groups is 1. The third-order valence-corrected chi connectivity index (χ3v) is 5.03. The minimum Gasteiger partial charge on any atom is -0.497 e. The molecular weight excluding hydrogens is 330 g/mol. The summed E-state index contributed by atoms with van der Waals surface area (Å²) in [5.74, 6) is 0.874. The molecule has 1 aliphatic rings. The summed E-state index contributed by atoms with van der Waals surface area (Å²) in [7, 11) is 1.68. The van der Waals surface area contributed by atoms with Gasteiger partial charge in [0.25, 0.3) is 0 Å². The number of methoxy groups -OCH3 is 1. The van der Waals surface area contributed by atoms with E-state index in [-0.39, 0.29) is 0 Å². The molecule has 1 aliphatic heterocycles. The number of nitrogens with zero attached hydrogens (tertiary/aromatic N) is 2. The van der Waals surface area contributed by atoms with Gasteiger partial charge in [-0.1, -0.05) is 30.3 Å². The lowest BCUT2D eigenvalue weighted by atomic mass is 10.1. The summed E-state index contributed by atoms with van der Waals surface area (Å²) in [6, 6.07) is 16.6. The maximum atomic E-state index is 5.57. The van der Waals surface area contributed by atoms with E-state index in [0.717, 1.165) is 43.6 Å². The first-order valence-electron chi connectivity index (χ1n) is 8.63. The molecule has 1 N–H and O–H groups in total. The topological polar surface area (TPSA) is 27.7 Å². The van der Waals surface area contributed by atoms with Crippen LogP contribution >= 0.6 is 12.2 Å². The molecule has 5 heteroatoms. The maximum absolute atomic E-state index is 5.57. The van der Waals surface area contributed by atoms with Gasteiger partial charge in [-0.3, -0.25) is 0 Å². The smallest absolute Gasteiger partial charge is 0.169 e. The van der Waals surface area contributed by atoms with E-state index in [0.29, 0.717) is 0 Å². The lowest BCUT2D eigenvalue weighted by molar-refractivity contribution is 0.380. The van der Waals surface area contributed by atoms with Crippen molar-refractivity contribution in [2.24, 2.45) is 0 Å². The largest absolute Gasteiger partial charge is 0.497 e. The van der Waals surface area contributed by atoms with Crippen molar-refractivity contribution in [2.75, 3.05) is 38.2 Å². The van der Waals surface area contributed by atoms with Crippen LogP contribution in [0.3, 0.4) is 0 Å². The van der Waals surface area contributed by atoms with Crippen LogP contribution in [0.5, 0.6) is 5.75 Å². The van der Waals surface area contributed by atoms with Crippen molar-refractivity contribution in [1.29, 1.82) is 0 Å². The van der Waals surface area contributed by atoms with Crippen LogP contribution in [0.2, 0.25) is 0 Å². The standard InChI is InChI=1S/C20H25N3OS/c1-16-5-3-4-6-19(16)22-11-13-23(14-12-22)20(25)21-15-17-7-9-18(24-2)10-8-17/h3-10H,11-15H2,1-2H3,(H,21,25). The van der Waals surface area contributed by atoms with Gasteiger partial charge in [0.2, 0.25) is 0 Å². The molecule has 4 nitrogen and oxygen atoms in total. The highest BCUT2D eigenvalue weighted by molar-refractivity contribution is 7.80. The molecule has 1 saturated heterocycles. The Hall–Kier alpha value is -2.27. The molecule has 0 atom stereocenters. The Bertz CT molecular complexity index is 709. The van der Waals surface area contributed by atoms with Gasteiger partial charge in [-0.15, -0.1) is 0 Å². The highest BCUT2D eigenvalue weighted by atomic mass is 32.1. The molecule has 0 unspecified atom stereocenters. The van der Waals surface area contributed by atoms with Gasteiger partial charge in [0, 0.05) is 38.4 Å². The van der Waals surface area contributed by atoms with Crippen molar-refractivity contribution < 1.29 is 4.74 Å². The monoisotopic (exact) mass is 355 g/mol. The Morgan fingerprint density at radius 3 is 2.36 bits per heavy atom. The number of benzene rings is 2. The second kappa shape index (κ2) is 8.21. The lowest BCUT2D eigenvalue weighted by Crippen LogP contribution is -2.51. The van der Waals surface area contributed by atoms with Crippen molar-refractivity contribution in [3.8, 4) is 5.75 Å². The van der Waals surface area contributed by atoms with Crippen LogP contribution in [0.1, 0.15) is 11.1 Å². The predicted molar refractivity (Wildman–Crippen MR) is 107 cm³/mol. The van der Waals surface area contributed by atoms with E-state index >= 15 is 0 Å². The second-order valence-corrected chi connectivity index (χ2v) is 6.65. The quantitative estimate of drug-likeness (QED) is 0.850. The van der Waals surface area contributed by atoms with Gasteiger partial charge in [0.1, 0.15) is 5.75 Å². The average molecular weight is 356 g/mol. The number of hydrogen-bond donors (Lipinski definition) is 1. The molecule has 0 saturated carbocycles.